The van der Waals surface area contributed by atoms with E-state index in [1.54, 1.807) is 31.2 Å². The Labute approximate surface area is 148 Å². The molecular weight excluding hydrogens is 314 g/mol. The number of hydrogen-bond donors (Lipinski definition) is 2. The molecule has 2 amide bonds. The Morgan fingerprint density at radius 2 is 1.96 bits per heavy atom. The van der Waals surface area contributed by atoms with E-state index >= 15 is 0 Å². The monoisotopic (exact) mass is 339 g/mol. The molecule has 25 heavy (non-hydrogen) atoms. The van der Waals surface area contributed by atoms with E-state index in [2.05, 4.69) is 28.5 Å². The highest BCUT2D eigenvalue weighted by molar-refractivity contribution is 6.02. The van der Waals surface area contributed by atoms with Crippen LogP contribution in [0, 0.1) is 5.92 Å². The maximum Gasteiger partial charge on any atom is 0.271 e. The van der Waals surface area contributed by atoms with Crippen molar-refractivity contribution in [2.45, 2.75) is 40.0 Å². The van der Waals surface area contributed by atoms with Gasteiger partial charge in [-0.05, 0) is 62.4 Å². The van der Waals surface area contributed by atoms with E-state index in [1.165, 1.54) is 0 Å². The second-order valence-corrected chi connectivity index (χ2v) is 6.35. The first-order chi connectivity index (χ1) is 11.9. The van der Waals surface area contributed by atoms with Crippen LogP contribution in [-0.2, 0) is 4.79 Å². The van der Waals surface area contributed by atoms with Gasteiger partial charge in [0.2, 0.25) is 5.91 Å². The fourth-order valence-corrected chi connectivity index (χ4v) is 2.56. The lowest BCUT2D eigenvalue weighted by Crippen LogP contribution is -2.23. The first-order valence-corrected chi connectivity index (χ1v) is 8.50. The maximum absolute atomic E-state index is 12.3. The lowest BCUT2D eigenvalue weighted by atomic mass is 9.85. The maximum atomic E-state index is 12.3. The van der Waals surface area contributed by atoms with Gasteiger partial charge in [-0.2, -0.15) is 5.10 Å². The molecule has 0 aromatic heterocycles. The Kier molecular flexibility index (Phi) is 6.28. The molecule has 0 bridgehead atoms. The van der Waals surface area contributed by atoms with Gasteiger partial charge in [0.25, 0.3) is 5.91 Å². The van der Waals surface area contributed by atoms with Crippen molar-refractivity contribution in [2.75, 3.05) is 5.32 Å². The number of benzene rings is 1. The van der Waals surface area contributed by atoms with Crippen LogP contribution in [0.25, 0.3) is 0 Å². The van der Waals surface area contributed by atoms with Gasteiger partial charge in [0.05, 0.1) is 5.71 Å². The molecule has 0 saturated heterocycles. The van der Waals surface area contributed by atoms with E-state index in [0.717, 1.165) is 29.7 Å². The number of allylic oxidation sites excluding steroid dienone is 3. The molecular formula is C20H25N3O2. The van der Waals surface area contributed by atoms with Gasteiger partial charge in [0.1, 0.15) is 0 Å². The van der Waals surface area contributed by atoms with Gasteiger partial charge >= 0.3 is 0 Å². The summed E-state index contributed by atoms with van der Waals surface area (Å²) >= 11 is 0. The molecule has 0 fully saturated rings. The number of nitrogens with zero attached hydrogens (tertiary/aromatic N) is 1. The standard InChI is InChI=1S/C20H25N3O2/c1-5-19(24)21-17-10-8-15(9-11-17)20(25)23-22-18-12-16(13(2)3)7-6-14(18)4/h6,8-11,16H,2,5,7,12H2,1,3-4H3,(H,21,24)(H,23,25)/b22-18+/t16-/m1/s1. The predicted octanol–water partition coefficient (Wildman–Crippen LogP) is 4.05. The Morgan fingerprint density at radius 1 is 1.28 bits per heavy atom. The van der Waals surface area contributed by atoms with Crippen LogP contribution in [0.2, 0.25) is 0 Å². The molecule has 0 saturated carbocycles. The lowest BCUT2D eigenvalue weighted by molar-refractivity contribution is -0.115. The van der Waals surface area contributed by atoms with Gasteiger partial charge in [0.15, 0.2) is 0 Å². The minimum Gasteiger partial charge on any atom is -0.326 e. The van der Waals surface area contributed by atoms with Crippen molar-refractivity contribution in [1.29, 1.82) is 0 Å². The quantitative estimate of drug-likeness (QED) is 0.627. The lowest BCUT2D eigenvalue weighted by Gasteiger charge is -2.22. The SMILES string of the molecule is C=C(C)[C@@H]1CC=C(C)/C(=N/NC(=O)c2ccc(NC(=O)CC)cc2)C1. The summed E-state index contributed by atoms with van der Waals surface area (Å²) in [7, 11) is 0. The molecule has 0 unspecified atom stereocenters. The Hall–Kier alpha value is -2.69. The number of rotatable bonds is 5. The third-order valence-corrected chi connectivity index (χ3v) is 4.34. The number of nitrogens with one attached hydrogen (secondary N) is 2. The van der Waals surface area contributed by atoms with Crippen molar-refractivity contribution in [3.8, 4) is 0 Å². The average molecular weight is 339 g/mol. The molecule has 5 nitrogen and oxygen atoms in total. The van der Waals surface area contributed by atoms with Crippen molar-refractivity contribution in [2.24, 2.45) is 11.0 Å². The van der Waals surface area contributed by atoms with E-state index in [9.17, 15) is 9.59 Å². The van der Waals surface area contributed by atoms with Gasteiger partial charge in [-0.3, -0.25) is 9.59 Å². The minimum atomic E-state index is -0.272. The number of carbonyl (C=O) groups is 2. The molecule has 1 aliphatic rings. The molecule has 0 aliphatic heterocycles. The number of hydrogen-bond acceptors (Lipinski definition) is 3. The third-order valence-electron chi connectivity index (χ3n) is 4.34. The second-order valence-electron chi connectivity index (χ2n) is 6.35. The molecule has 1 atom stereocenters. The van der Waals surface area contributed by atoms with Crippen LogP contribution >= 0.6 is 0 Å². The van der Waals surface area contributed by atoms with Gasteiger partial charge < -0.3 is 5.32 Å². The largest absolute Gasteiger partial charge is 0.326 e. The molecule has 1 aromatic rings. The van der Waals surface area contributed by atoms with Crippen molar-refractivity contribution in [3.05, 3.63) is 53.6 Å². The molecule has 132 valence electrons. The van der Waals surface area contributed by atoms with Crippen LogP contribution in [0.4, 0.5) is 5.69 Å². The van der Waals surface area contributed by atoms with Crippen LogP contribution in [0.1, 0.15) is 50.4 Å². The number of anilines is 1. The summed E-state index contributed by atoms with van der Waals surface area (Å²) in [5, 5.41) is 7.04. The highest BCUT2D eigenvalue weighted by atomic mass is 16.2. The molecule has 2 rings (SSSR count). The normalized spacial score (nSPS) is 18.4. The summed E-state index contributed by atoms with van der Waals surface area (Å²) in [6.07, 6.45) is 4.32. The van der Waals surface area contributed by atoms with Crippen molar-refractivity contribution in [3.63, 3.8) is 0 Å². The molecule has 0 heterocycles. The highest BCUT2D eigenvalue weighted by Crippen LogP contribution is 2.26. The molecule has 2 N–H and O–H groups in total. The van der Waals surface area contributed by atoms with Crippen molar-refractivity contribution < 1.29 is 9.59 Å². The zero-order valence-electron chi connectivity index (χ0n) is 15.1. The van der Waals surface area contributed by atoms with Crippen LogP contribution in [0.5, 0.6) is 0 Å². The molecule has 0 spiro atoms. The van der Waals surface area contributed by atoms with Gasteiger partial charge in [-0.1, -0.05) is 25.2 Å². The third kappa shape index (κ3) is 5.14. The summed E-state index contributed by atoms with van der Waals surface area (Å²) in [6.45, 7) is 9.83. The smallest absolute Gasteiger partial charge is 0.271 e. The summed E-state index contributed by atoms with van der Waals surface area (Å²) in [6, 6.07) is 6.75. The van der Waals surface area contributed by atoms with E-state index in [4.69, 9.17) is 0 Å². The van der Waals surface area contributed by atoms with Gasteiger partial charge in [-0.25, -0.2) is 5.43 Å². The van der Waals surface area contributed by atoms with Crippen molar-refractivity contribution in [1.82, 2.24) is 5.43 Å². The molecule has 5 heteroatoms. The van der Waals surface area contributed by atoms with Crippen LogP contribution < -0.4 is 10.7 Å². The molecule has 1 aliphatic carbocycles. The first kappa shape index (κ1) is 18.6. The first-order valence-electron chi connectivity index (χ1n) is 8.50. The summed E-state index contributed by atoms with van der Waals surface area (Å²) in [4.78, 5) is 23.6. The molecule has 1 aromatic carbocycles. The second kappa shape index (κ2) is 8.42. The van der Waals surface area contributed by atoms with Crippen LogP contribution in [0.15, 0.2) is 53.2 Å². The van der Waals surface area contributed by atoms with Gasteiger partial charge in [-0.15, -0.1) is 0 Å². The van der Waals surface area contributed by atoms with E-state index in [0.29, 0.717) is 23.6 Å². The van der Waals surface area contributed by atoms with Crippen LogP contribution in [0.3, 0.4) is 0 Å². The predicted molar refractivity (Wildman–Crippen MR) is 102 cm³/mol. The summed E-state index contributed by atoms with van der Waals surface area (Å²) in [5.41, 5.74) is 6.90. The number of amides is 2. The number of carbonyl (C=O) groups excluding carboxylic acids is 2. The van der Waals surface area contributed by atoms with Gasteiger partial charge in [0, 0.05) is 17.7 Å². The summed E-state index contributed by atoms with van der Waals surface area (Å²) < 4.78 is 0. The topological polar surface area (TPSA) is 70.6 Å². The van der Waals surface area contributed by atoms with E-state index < -0.39 is 0 Å². The zero-order valence-corrected chi connectivity index (χ0v) is 15.1. The van der Waals surface area contributed by atoms with Crippen LogP contribution in [-0.4, -0.2) is 17.5 Å². The average Bonchev–Trinajstić information content (AvgIpc) is 2.61. The van der Waals surface area contributed by atoms with E-state index in [-0.39, 0.29) is 11.8 Å². The van der Waals surface area contributed by atoms with E-state index in [1.807, 2.05) is 13.8 Å². The molecule has 0 radical (unpaired) electrons. The summed E-state index contributed by atoms with van der Waals surface area (Å²) in [5.74, 6) is 0.0437. The minimum absolute atomic E-state index is 0.0600. The number of hydrazone groups is 1. The zero-order chi connectivity index (χ0) is 18.4. The highest BCUT2D eigenvalue weighted by Gasteiger charge is 2.19. The Bertz CT molecular complexity index is 730. The fourth-order valence-electron chi connectivity index (χ4n) is 2.56. The Morgan fingerprint density at radius 3 is 2.56 bits per heavy atom. The van der Waals surface area contributed by atoms with Crippen molar-refractivity contribution >= 4 is 23.2 Å². The Balaban J connectivity index is 2.01. The fraction of sp³-hybridized carbons (Fsp3) is 0.350.